The molecular weight excluding hydrogens is 204 g/mol. The van der Waals surface area contributed by atoms with Crippen LogP contribution in [-0.2, 0) is 14.3 Å². The number of aldehydes is 1. The van der Waals surface area contributed by atoms with E-state index in [-0.39, 0.29) is 12.7 Å². The van der Waals surface area contributed by atoms with Gasteiger partial charge in [-0.1, -0.05) is 13.0 Å². The van der Waals surface area contributed by atoms with E-state index in [1.54, 1.807) is 7.11 Å². The molecule has 0 N–H and O–H groups in total. The summed E-state index contributed by atoms with van der Waals surface area (Å²) in [6.45, 7) is 8.07. The second-order valence-corrected chi connectivity index (χ2v) is 4.83. The Labute approximate surface area is 97.8 Å². The minimum absolute atomic E-state index is 0.157. The molecule has 16 heavy (non-hydrogen) atoms. The predicted molar refractivity (Wildman–Crippen MR) is 63.0 cm³/mol. The minimum Gasteiger partial charge on any atom is -0.359 e. The van der Waals surface area contributed by atoms with Crippen molar-refractivity contribution in [3.63, 3.8) is 0 Å². The summed E-state index contributed by atoms with van der Waals surface area (Å²) in [5.41, 5.74) is -0.750. The first-order valence-corrected chi connectivity index (χ1v) is 5.80. The van der Waals surface area contributed by atoms with Crippen LogP contribution in [0.25, 0.3) is 0 Å². The number of methoxy groups -OCH3 is 1. The first kappa shape index (κ1) is 13.4. The van der Waals surface area contributed by atoms with Gasteiger partial charge in [-0.15, -0.1) is 6.58 Å². The summed E-state index contributed by atoms with van der Waals surface area (Å²) in [5, 5.41) is 0. The summed E-state index contributed by atoms with van der Waals surface area (Å²) in [7, 11) is 1.56. The molecule has 0 aromatic carbocycles. The Balaban J connectivity index is 2.78. The van der Waals surface area contributed by atoms with Gasteiger partial charge in [0.1, 0.15) is 12.4 Å². The summed E-state index contributed by atoms with van der Waals surface area (Å²) in [5.74, 6) is 1.15. The fraction of sp³-hybridized carbons (Fsp3) is 0.769. The van der Waals surface area contributed by atoms with E-state index in [0.29, 0.717) is 11.8 Å². The molecule has 0 unspecified atom stereocenters. The fourth-order valence-corrected chi connectivity index (χ4v) is 2.70. The lowest BCUT2D eigenvalue weighted by Gasteiger charge is -2.33. The fourth-order valence-electron chi connectivity index (χ4n) is 2.70. The highest BCUT2D eigenvalue weighted by atomic mass is 16.7. The van der Waals surface area contributed by atoms with Gasteiger partial charge >= 0.3 is 0 Å². The monoisotopic (exact) mass is 226 g/mol. The molecule has 1 aliphatic carbocycles. The van der Waals surface area contributed by atoms with E-state index in [9.17, 15) is 4.79 Å². The first-order valence-electron chi connectivity index (χ1n) is 5.80. The van der Waals surface area contributed by atoms with Crippen LogP contribution in [-0.4, -0.2) is 25.8 Å². The van der Waals surface area contributed by atoms with E-state index >= 15 is 0 Å². The number of carbonyl (C=O) groups is 1. The third-order valence-electron chi connectivity index (χ3n) is 3.78. The van der Waals surface area contributed by atoms with Crippen LogP contribution in [0.15, 0.2) is 12.7 Å². The van der Waals surface area contributed by atoms with Gasteiger partial charge in [0, 0.05) is 13.0 Å². The molecule has 3 nitrogen and oxygen atoms in total. The predicted octanol–water partition coefficient (Wildman–Crippen LogP) is 2.41. The lowest BCUT2D eigenvalue weighted by atomic mass is 9.80. The van der Waals surface area contributed by atoms with E-state index in [4.69, 9.17) is 9.47 Å². The zero-order chi connectivity index (χ0) is 12.2. The number of ether oxygens (including phenoxy) is 2. The van der Waals surface area contributed by atoms with E-state index in [2.05, 4.69) is 13.5 Å². The molecule has 3 heteroatoms. The van der Waals surface area contributed by atoms with E-state index in [1.807, 2.05) is 13.0 Å². The van der Waals surface area contributed by atoms with Crippen LogP contribution >= 0.6 is 0 Å². The Morgan fingerprint density at radius 3 is 2.69 bits per heavy atom. The molecule has 1 rings (SSSR count). The van der Waals surface area contributed by atoms with Crippen LogP contribution < -0.4 is 0 Å². The summed E-state index contributed by atoms with van der Waals surface area (Å²) in [4.78, 5) is 11.3. The highest BCUT2D eigenvalue weighted by Gasteiger charge is 2.44. The summed E-state index contributed by atoms with van der Waals surface area (Å²) in [6, 6.07) is 0. The Morgan fingerprint density at radius 2 is 2.19 bits per heavy atom. The van der Waals surface area contributed by atoms with Gasteiger partial charge in [-0.3, -0.25) is 0 Å². The van der Waals surface area contributed by atoms with Crippen molar-refractivity contribution in [2.75, 3.05) is 13.9 Å². The second-order valence-electron chi connectivity index (χ2n) is 4.83. The molecule has 0 spiro atoms. The van der Waals surface area contributed by atoms with E-state index < -0.39 is 5.60 Å². The van der Waals surface area contributed by atoms with Crippen LogP contribution in [0, 0.1) is 17.8 Å². The number of hydrogen-bond acceptors (Lipinski definition) is 3. The molecule has 0 heterocycles. The normalized spacial score (nSPS) is 33.3. The standard InChI is InChI=1S/C13H22O3/c1-5-11-10(2)6-7-12(11)13(3,8-14)16-9-15-4/h5,8,10-12H,1,6-7,9H2,2-4H3/t10-,11-,12-,13-/m1/s1. The highest BCUT2D eigenvalue weighted by Crippen LogP contribution is 2.44. The Morgan fingerprint density at radius 1 is 1.50 bits per heavy atom. The molecule has 0 aliphatic heterocycles. The Bertz CT molecular complexity index is 252. The molecular formula is C13H22O3. The molecule has 92 valence electrons. The molecule has 0 aromatic heterocycles. The largest absolute Gasteiger partial charge is 0.359 e. The summed E-state index contributed by atoms with van der Waals surface area (Å²) < 4.78 is 10.4. The van der Waals surface area contributed by atoms with Crippen LogP contribution in [0.1, 0.15) is 26.7 Å². The van der Waals surface area contributed by atoms with Crippen LogP contribution in [0.3, 0.4) is 0 Å². The highest BCUT2D eigenvalue weighted by molar-refractivity contribution is 5.62. The molecule has 1 saturated carbocycles. The third kappa shape index (κ3) is 2.53. The SMILES string of the molecule is C=C[C@@H]1[C@H](C)CC[C@H]1[C@@](C)(C=O)OCOC. The van der Waals surface area contributed by atoms with E-state index in [1.165, 1.54) is 0 Å². The number of allylic oxidation sites excluding steroid dienone is 1. The average Bonchev–Trinajstić information content (AvgIpc) is 2.67. The van der Waals surface area contributed by atoms with Crippen molar-refractivity contribution in [3.8, 4) is 0 Å². The van der Waals surface area contributed by atoms with Crippen LogP contribution in [0.4, 0.5) is 0 Å². The van der Waals surface area contributed by atoms with Gasteiger partial charge in [-0.2, -0.15) is 0 Å². The van der Waals surface area contributed by atoms with Crippen molar-refractivity contribution in [1.29, 1.82) is 0 Å². The second kappa shape index (κ2) is 5.60. The molecule has 1 fully saturated rings. The van der Waals surface area contributed by atoms with Gasteiger partial charge in [0.05, 0.1) is 0 Å². The lowest BCUT2D eigenvalue weighted by Crippen LogP contribution is -2.42. The van der Waals surface area contributed by atoms with Crippen molar-refractivity contribution >= 4 is 6.29 Å². The van der Waals surface area contributed by atoms with Crippen LogP contribution in [0.2, 0.25) is 0 Å². The maximum atomic E-state index is 11.3. The molecule has 0 saturated heterocycles. The quantitative estimate of drug-likeness (QED) is 0.396. The topological polar surface area (TPSA) is 35.5 Å². The molecule has 1 aliphatic rings. The molecule has 4 atom stereocenters. The van der Waals surface area contributed by atoms with Gasteiger partial charge in [-0.05, 0) is 31.6 Å². The minimum atomic E-state index is -0.750. The average molecular weight is 226 g/mol. The van der Waals surface area contributed by atoms with E-state index in [0.717, 1.165) is 19.1 Å². The van der Waals surface area contributed by atoms with Crippen molar-refractivity contribution in [3.05, 3.63) is 12.7 Å². The molecule has 0 bridgehead atoms. The first-order chi connectivity index (χ1) is 7.59. The number of rotatable bonds is 6. The molecule has 0 radical (unpaired) electrons. The zero-order valence-electron chi connectivity index (χ0n) is 10.4. The molecule has 0 amide bonds. The van der Waals surface area contributed by atoms with Crippen molar-refractivity contribution in [2.24, 2.45) is 17.8 Å². The summed E-state index contributed by atoms with van der Waals surface area (Å²) in [6.07, 6.45) is 5.00. The van der Waals surface area contributed by atoms with Gasteiger partial charge < -0.3 is 14.3 Å². The van der Waals surface area contributed by atoms with Crippen molar-refractivity contribution in [1.82, 2.24) is 0 Å². The van der Waals surface area contributed by atoms with Gasteiger partial charge in [0.2, 0.25) is 0 Å². The smallest absolute Gasteiger partial charge is 0.151 e. The lowest BCUT2D eigenvalue weighted by molar-refractivity contribution is -0.162. The maximum Gasteiger partial charge on any atom is 0.151 e. The van der Waals surface area contributed by atoms with Crippen LogP contribution in [0.5, 0.6) is 0 Å². The van der Waals surface area contributed by atoms with Gasteiger partial charge in [0.25, 0.3) is 0 Å². The maximum absolute atomic E-state index is 11.3. The van der Waals surface area contributed by atoms with Crippen molar-refractivity contribution in [2.45, 2.75) is 32.3 Å². The third-order valence-corrected chi connectivity index (χ3v) is 3.78. The number of carbonyl (C=O) groups excluding carboxylic acids is 1. The van der Waals surface area contributed by atoms with Gasteiger partial charge in [-0.25, -0.2) is 0 Å². The zero-order valence-corrected chi connectivity index (χ0v) is 10.4. The Kier molecular flexibility index (Phi) is 4.69. The number of hydrogen-bond donors (Lipinski definition) is 0. The summed E-state index contributed by atoms with van der Waals surface area (Å²) >= 11 is 0. The van der Waals surface area contributed by atoms with Gasteiger partial charge in [0.15, 0.2) is 6.29 Å². The van der Waals surface area contributed by atoms with Crippen molar-refractivity contribution < 1.29 is 14.3 Å². The molecule has 0 aromatic rings. The Hall–Kier alpha value is -0.670.